The highest BCUT2D eigenvalue weighted by Crippen LogP contribution is 2.37. The van der Waals surface area contributed by atoms with Crippen molar-refractivity contribution in [2.24, 2.45) is 5.92 Å². The van der Waals surface area contributed by atoms with Crippen LogP contribution in [-0.2, 0) is 9.59 Å². The van der Waals surface area contributed by atoms with E-state index < -0.39 is 5.92 Å². The van der Waals surface area contributed by atoms with Crippen LogP contribution in [-0.4, -0.2) is 35.1 Å². The van der Waals surface area contributed by atoms with Crippen molar-refractivity contribution in [3.8, 4) is 11.5 Å². The van der Waals surface area contributed by atoms with Crippen LogP contribution in [0.1, 0.15) is 17.8 Å². The third kappa shape index (κ3) is 3.05. The Morgan fingerprint density at radius 2 is 1.88 bits per heavy atom. The van der Waals surface area contributed by atoms with Crippen molar-refractivity contribution >= 4 is 23.5 Å². The van der Waals surface area contributed by atoms with Crippen LogP contribution in [0.15, 0.2) is 24.3 Å². The molecule has 0 spiro atoms. The third-order valence-corrected chi connectivity index (χ3v) is 4.38. The second-order valence-electron chi connectivity index (χ2n) is 6.41. The predicted octanol–water partition coefficient (Wildman–Crippen LogP) is 1.81. The van der Waals surface area contributed by atoms with E-state index in [0.717, 1.165) is 11.4 Å². The van der Waals surface area contributed by atoms with Crippen LogP contribution in [0.25, 0.3) is 0 Å². The molecule has 1 N–H and O–H groups in total. The zero-order valence-electron chi connectivity index (χ0n) is 14.5. The van der Waals surface area contributed by atoms with Gasteiger partial charge in [-0.15, -0.1) is 0 Å². The molecule has 26 heavy (non-hydrogen) atoms. The summed E-state index contributed by atoms with van der Waals surface area (Å²) in [6, 6.07) is 7.14. The van der Waals surface area contributed by atoms with Gasteiger partial charge in [-0.05, 0) is 32.0 Å². The molecular formula is C18H18N4O4. The number of aromatic nitrogens is 2. The van der Waals surface area contributed by atoms with Crippen molar-refractivity contribution in [2.45, 2.75) is 20.3 Å². The molecule has 1 saturated heterocycles. The van der Waals surface area contributed by atoms with Crippen molar-refractivity contribution in [2.75, 3.05) is 23.6 Å². The number of nitrogens with zero attached hydrogens (tertiary/aromatic N) is 3. The molecule has 3 heterocycles. The summed E-state index contributed by atoms with van der Waals surface area (Å²) in [5, 5.41) is 2.72. The number of hydrogen-bond acceptors (Lipinski definition) is 6. The normalized spacial score (nSPS) is 18.3. The number of carbonyl (C=O) groups excluding carboxylic acids is 2. The van der Waals surface area contributed by atoms with E-state index in [4.69, 9.17) is 9.47 Å². The van der Waals surface area contributed by atoms with E-state index in [1.165, 1.54) is 0 Å². The summed E-state index contributed by atoms with van der Waals surface area (Å²) in [6.07, 6.45) is 0.144. The SMILES string of the molecule is Cc1cc(C)nc(NC(=O)C2CC(=O)N(c3ccc4c(c3)OCO4)C2)n1. The molecule has 0 saturated carbocycles. The summed E-state index contributed by atoms with van der Waals surface area (Å²) in [5.41, 5.74) is 2.24. The zero-order valence-corrected chi connectivity index (χ0v) is 14.5. The van der Waals surface area contributed by atoms with Gasteiger partial charge in [0.1, 0.15) is 0 Å². The number of aryl methyl sites for hydroxylation is 2. The van der Waals surface area contributed by atoms with Gasteiger partial charge in [-0.1, -0.05) is 0 Å². The van der Waals surface area contributed by atoms with E-state index in [2.05, 4.69) is 15.3 Å². The third-order valence-electron chi connectivity index (χ3n) is 4.38. The van der Waals surface area contributed by atoms with Crippen LogP contribution in [0.2, 0.25) is 0 Å². The molecule has 1 aromatic heterocycles. The molecule has 8 heteroatoms. The van der Waals surface area contributed by atoms with Crippen LogP contribution < -0.4 is 19.7 Å². The predicted molar refractivity (Wildman–Crippen MR) is 93.2 cm³/mol. The first-order valence-electron chi connectivity index (χ1n) is 8.33. The van der Waals surface area contributed by atoms with Gasteiger partial charge in [0, 0.05) is 36.1 Å². The topological polar surface area (TPSA) is 93.7 Å². The Kier molecular flexibility index (Phi) is 3.95. The summed E-state index contributed by atoms with van der Waals surface area (Å²) in [5.74, 6) is 0.698. The lowest BCUT2D eigenvalue weighted by atomic mass is 10.1. The monoisotopic (exact) mass is 354 g/mol. The minimum atomic E-state index is -0.461. The molecule has 134 valence electrons. The van der Waals surface area contributed by atoms with Gasteiger partial charge in [0.15, 0.2) is 11.5 Å². The number of amides is 2. The van der Waals surface area contributed by atoms with E-state index in [1.807, 2.05) is 19.9 Å². The van der Waals surface area contributed by atoms with Crippen LogP contribution >= 0.6 is 0 Å². The smallest absolute Gasteiger partial charge is 0.232 e. The van der Waals surface area contributed by atoms with Crippen molar-refractivity contribution in [1.82, 2.24) is 9.97 Å². The van der Waals surface area contributed by atoms with E-state index >= 15 is 0 Å². The van der Waals surface area contributed by atoms with Gasteiger partial charge < -0.3 is 14.4 Å². The molecule has 2 aromatic rings. The van der Waals surface area contributed by atoms with Gasteiger partial charge in [-0.3, -0.25) is 14.9 Å². The van der Waals surface area contributed by atoms with Crippen molar-refractivity contribution in [3.05, 3.63) is 35.7 Å². The van der Waals surface area contributed by atoms with Gasteiger partial charge >= 0.3 is 0 Å². The number of benzene rings is 1. The molecule has 0 aliphatic carbocycles. The van der Waals surface area contributed by atoms with Gasteiger partial charge in [0.25, 0.3) is 0 Å². The van der Waals surface area contributed by atoms with Gasteiger partial charge in [0.2, 0.25) is 24.6 Å². The molecule has 2 aliphatic heterocycles. The van der Waals surface area contributed by atoms with Crippen LogP contribution in [0.5, 0.6) is 11.5 Å². The maximum Gasteiger partial charge on any atom is 0.232 e. The quantitative estimate of drug-likeness (QED) is 0.904. The van der Waals surface area contributed by atoms with E-state index in [1.54, 1.807) is 23.1 Å². The molecule has 2 amide bonds. The Morgan fingerprint density at radius 1 is 1.15 bits per heavy atom. The fraction of sp³-hybridized carbons (Fsp3) is 0.333. The molecule has 1 unspecified atom stereocenters. The standard InChI is InChI=1S/C18H18N4O4/c1-10-5-11(2)20-18(19-10)21-17(24)12-6-16(23)22(8-12)13-3-4-14-15(7-13)26-9-25-14/h3-5,7,12H,6,8-9H2,1-2H3,(H,19,20,21,24). The van der Waals surface area contributed by atoms with E-state index in [-0.39, 0.29) is 31.0 Å². The maximum atomic E-state index is 12.5. The second-order valence-corrected chi connectivity index (χ2v) is 6.41. The van der Waals surface area contributed by atoms with Crippen LogP contribution in [0.4, 0.5) is 11.6 Å². The first-order valence-corrected chi connectivity index (χ1v) is 8.33. The molecule has 8 nitrogen and oxygen atoms in total. The highest BCUT2D eigenvalue weighted by molar-refractivity contribution is 6.03. The summed E-state index contributed by atoms with van der Waals surface area (Å²) in [4.78, 5) is 34.9. The maximum absolute atomic E-state index is 12.5. The molecule has 0 radical (unpaired) electrons. The first-order chi connectivity index (χ1) is 12.5. The van der Waals surface area contributed by atoms with E-state index in [0.29, 0.717) is 23.7 Å². The molecule has 2 aliphatic rings. The molecule has 1 aromatic carbocycles. The summed E-state index contributed by atoms with van der Waals surface area (Å²) >= 11 is 0. The first kappa shape index (κ1) is 16.3. The highest BCUT2D eigenvalue weighted by atomic mass is 16.7. The zero-order chi connectivity index (χ0) is 18.3. The highest BCUT2D eigenvalue weighted by Gasteiger charge is 2.36. The van der Waals surface area contributed by atoms with Crippen molar-refractivity contribution in [3.63, 3.8) is 0 Å². The van der Waals surface area contributed by atoms with Crippen molar-refractivity contribution in [1.29, 1.82) is 0 Å². The Labute approximate surface area is 150 Å². The van der Waals surface area contributed by atoms with Crippen molar-refractivity contribution < 1.29 is 19.1 Å². The van der Waals surface area contributed by atoms with Gasteiger partial charge in [-0.2, -0.15) is 0 Å². The number of rotatable bonds is 3. The summed E-state index contributed by atoms with van der Waals surface area (Å²) < 4.78 is 10.6. The van der Waals surface area contributed by atoms with Crippen LogP contribution in [0.3, 0.4) is 0 Å². The average Bonchev–Trinajstić information content (AvgIpc) is 3.19. The Balaban J connectivity index is 1.48. The lowest BCUT2D eigenvalue weighted by Crippen LogP contribution is -2.28. The number of nitrogens with one attached hydrogen (secondary N) is 1. The largest absolute Gasteiger partial charge is 0.454 e. The Bertz CT molecular complexity index is 879. The Morgan fingerprint density at radius 3 is 2.65 bits per heavy atom. The molecular weight excluding hydrogens is 336 g/mol. The average molecular weight is 354 g/mol. The van der Waals surface area contributed by atoms with E-state index in [9.17, 15) is 9.59 Å². The fourth-order valence-electron chi connectivity index (χ4n) is 3.18. The van der Waals surface area contributed by atoms with Crippen LogP contribution in [0, 0.1) is 19.8 Å². The number of anilines is 2. The number of hydrogen-bond donors (Lipinski definition) is 1. The lowest BCUT2D eigenvalue weighted by molar-refractivity contribution is -0.122. The number of fused-ring (bicyclic) bond motifs is 1. The molecule has 4 rings (SSSR count). The number of carbonyl (C=O) groups is 2. The minimum Gasteiger partial charge on any atom is -0.454 e. The molecule has 1 atom stereocenters. The number of ether oxygens (including phenoxy) is 2. The second kappa shape index (κ2) is 6.29. The Hall–Kier alpha value is -3.16. The lowest BCUT2D eigenvalue weighted by Gasteiger charge is -2.17. The fourth-order valence-corrected chi connectivity index (χ4v) is 3.18. The summed E-state index contributed by atoms with van der Waals surface area (Å²) in [7, 11) is 0. The summed E-state index contributed by atoms with van der Waals surface area (Å²) in [6.45, 7) is 4.15. The molecule has 1 fully saturated rings. The van der Waals surface area contributed by atoms with Gasteiger partial charge in [0.05, 0.1) is 5.92 Å². The minimum absolute atomic E-state index is 0.106. The molecule has 0 bridgehead atoms. The van der Waals surface area contributed by atoms with Gasteiger partial charge in [-0.25, -0.2) is 9.97 Å².